The maximum atomic E-state index is 12.4. The van der Waals surface area contributed by atoms with Crippen LogP contribution in [0, 0.1) is 33.3 Å². The molecule has 27 heavy (non-hydrogen) atoms. The monoisotopic (exact) mass is 387 g/mol. The van der Waals surface area contributed by atoms with Crippen molar-refractivity contribution in [1.82, 2.24) is 10.6 Å². The summed E-state index contributed by atoms with van der Waals surface area (Å²) in [6.07, 6.45) is 8.00. The number of nitrogens with one attached hydrogen (secondary N) is 2. The third-order valence-electron chi connectivity index (χ3n) is 6.92. The molecule has 7 heteroatoms. The van der Waals surface area contributed by atoms with E-state index in [1.807, 2.05) is 0 Å². The second-order valence-corrected chi connectivity index (χ2v) is 9.14. The summed E-state index contributed by atoms with van der Waals surface area (Å²) in [4.78, 5) is 22.6. The number of amides is 1. The molecule has 0 radical (unpaired) electrons. The zero-order chi connectivity index (χ0) is 19.2. The molecule has 1 aromatic carbocycles. The van der Waals surface area contributed by atoms with Gasteiger partial charge in [-0.3, -0.25) is 20.2 Å². The Kier molecular flexibility index (Phi) is 4.66. The van der Waals surface area contributed by atoms with Crippen LogP contribution >= 0.6 is 12.2 Å². The third-order valence-corrected chi connectivity index (χ3v) is 7.14. The molecule has 4 saturated carbocycles. The van der Waals surface area contributed by atoms with Crippen molar-refractivity contribution in [1.29, 1.82) is 0 Å². The van der Waals surface area contributed by atoms with Gasteiger partial charge in [0.15, 0.2) is 5.11 Å². The second kappa shape index (κ2) is 6.86. The van der Waals surface area contributed by atoms with Gasteiger partial charge in [-0.2, -0.15) is 0 Å². The Labute approximate surface area is 164 Å². The van der Waals surface area contributed by atoms with E-state index < -0.39 is 4.92 Å². The van der Waals surface area contributed by atoms with Crippen molar-refractivity contribution in [3.05, 3.63) is 39.9 Å². The number of nitrogens with zero attached hydrogens (tertiary/aromatic N) is 1. The Balaban J connectivity index is 1.36. The molecule has 1 amide bonds. The van der Waals surface area contributed by atoms with Gasteiger partial charge in [0.2, 0.25) is 0 Å². The summed E-state index contributed by atoms with van der Waals surface area (Å²) in [6.45, 7) is 2.19. The first-order valence-corrected chi connectivity index (χ1v) is 10.1. The first-order chi connectivity index (χ1) is 12.8. The standard InChI is InChI=1S/C20H25N3O3S/c1-12(20-9-13-6-14(10-20)8-15(7-13)11-20)21-19(27)22-18(24)16-2-4-17(5-3-16)23(25)26/h2-5,12-15H,6-11H2,1H3,(H2,21,22,24,27)/t12-,13?,14?,15?,20?/m1/s1. The largest absolute Gasteiger partial charge is 0.359 e. The molecule has 4 aliphatic carbocycles. The quantitative estimate of drug-likeness (QED) is 0.466. The van der Waals surface area contributed by atoms with Crippen LogP contribution in [0.4, 0.5) is 5.69 Å². The molecule has 0 aliphatic heterocycles. The van der Waals surface area contributed by atoms with Crippen molar-refractivity contribution in [3.8, 4) is 0 Å². The first kappa shape index (κ1) is 18.3. The van der Waals surface area contributed by atoms with Crippen molar-refractivity contribution < 1.29 is 9.72 Å². The highest BCUT2D eigenvalue weighted by atomic mass is 32.1. The number of nitro groups is 1. The van der Waals surface area contributed by atoms with E-state index in [1.54, 1.807) is 0 Å². The Morgan fingerprint density at radius 3 is 2.15 bits per heavy atom. The average Bonchev–Trinajstić information content (AvgIpc) is 2.60. The Hall–Kier alpha value is -2.02. The molecule has 1 aromatic rings. The fraction of sp³-hybridized carbons (Fsp3) is 0.600. The number of carbonyl (C=O) groups is 1. The highest BCUT2D eigenvalue weighted by Crippen LogP contribution is 2.61. The zero-order valence-electron chi connectivity index (χ0n) is 15.4. The number of nitro benzene ring substituents is 1. The molecule has 144 valence electrons. The maximum Gasteiger partial charge on any atom is 0.269 e. The molecule has 0 aromatic heterocycles. The minimum absolute atomic E-state index is 0.0392. The topological polar surface area (TPSA) is 84.3 Å². The Morgan fingerprint density at radius 1 is 1.15 bits per heavy atom. The number of rotatable bonds is 4. The van der Waals surface area contributed by atoms with E-state index in [4.69, 9.17) is 12.2 Å². The zero-order valence-corrected chi connectivity index (χ0v) is 16.3. The van der Waals surface area contributed by atoms with Crippen molar-refractivity contribution in [3.63, 3.8) is 0 Å². The molecule has 4 bridgehead atoms. The minimum atomic E-state index is -0.485. The van der Waals surface area contributed by atoms with Crippen LogP contribution in [0.2, 0.25) is 0 Å². The van der Waals surface area contributed by atoms with Crippen molar-refractivity contribution >= 4 is 28.9 Å². The number of carbonyl (C=O) groups excluding carboxylic acids is 1. The van der Waals surface area contributed by atoms with Crippen LogP contribution < -0.4 is 10.6 Å². The van der Waals surface area contributed by atoms with Gasteiger partial charge in [-0.15, -0.1) is 0 Å². The van der Waals surface area contributed by atoms with E-state index in [1.165, 1.54) is 62.8 Å². The smallest absolute Gasteiger partial charge is 0.269 e. The van der Waals surface area contributed by atoms with E-state index in [-0.39, 0.29) is 17.6 Å². The molecular formula is C20H25N3O3S. The summed E-state index contributed by atoms with van der Waals surface area (Å²) in [6, 6.07) is 5.76. The van der Waals surface area contributed by atoms with Crippen LogP contribution in [0.3, 0.4) is 0 Å². The highest BCUT2D eigenvalue weighted by molar-refractivity contribution is 7.80. The van der Waals surface area contributed by atoms with Gasteiger partial charge in [-0.1, -0.05) is 0 Å². The predicted molar refractivity (Wildman–Crippen MR) is 106 cm³/mol. The third kappa shape index (κ3) is 3.57. The van der Waals surface area contributed by atoms with E-state index >= 15 is 0 Å². The van der Waals surface area contributed by atoms with E-state index in [0.29, 0.717) is 16.1 Å². The van der Waals surface area contributed by atoms with Crippen LogP contribution in [0.1, 0.15) is 55.8 Å². The van der Waals surface area contributed by atoms with E-state index in [2.05, 4.69) is 17.6 Å². The molecule has 4 fully saturated rings. The van der Waals surface area contributed by atoms with Crippen molar-refractivity contribution in [2.75, 3.05) is 0 Å². The summed E-state index contributed by atoms with van der Waals surface area (Å²) in [5, 5.41) is 17.1. The maximum absolute atomic E-state index is 12.4. The fourth-order valence-electron chi connectivity index (χ4n) is 6.00. The van der Waals surface area contributed by atoms with Gasteiger partial charge in [-0.25, -0.2) is 0 Å². The van der Waals surface area contributed by atoms with E-state index in [0.717, 1.165) is 17.8 Å². The van der Waals surface area contributed by atoms with Crippen LogP contribution in [0.5, 0.6) is 0 Å². The van der Waals surface area contributed by atoms with Gasteiger partial charge in [-0.05, 0) is 93.0 Å². The lowest BCUT2D eigenvalue weighted by atomic mass is 9.48. The first-order valence-electron chi connectivity index (χ1n) is 9.71. The predicted octanol–water partition coefficient (Wildman–Crippen LogP) is 3.80. The van der Waals surface area contributed by atoms with Crippen molar-refractivity contribution in [2.45, 2.75) is 51.5 Å². The molecule has 6 nitrogen and oxygen atoms in total. The van der Waals surface area contributed by atoms with Gasteiger partial charge in [0.05, 0.1) is 4.92 Å². The molecule has 5 rings (SSSR count). The minimum Gasteiger partial charge on any atom is -0.359 e. The summed E-state index contributed by atoms with van der Waals surface area (Å²) >= 11 is 5.38. The lowest BCUT2D eigenvalue weighted by Crippen LogP contribution is -2.57. The summed E-state index contributed by atoms with van der Waals surface area (Å²) in [7, 11) is 0. The summed E-state index contributed by atoms with van der Waals surface area (Å²) in [5.74, 6) is 2.25. The molecule has 0 saturated heterocycles. The lowest BCUT2D eigenvalue weighted by Gasteiger charge is -2.59. The van der Waals surface area contributed by atoms with Crippen LogP contribution in [0.15, 0.2) is 24.3 Å². The van der Waals surface area contributed by atoms with Gasteiger partial charge >= 0.3 is 0 Å². The fourth-order valence-corrected chi connectivity index (χ4v) is 6.27. The summed E-state index contributed by atoms with van der Waals surface area (Å²) < 4.78 is 0. The molecule has 0 spiro atoms. The number of thiocarbonyl (C=S) groups is 1. The van der Waals surface area contributed by atoms with Gasteiger partial charge in [0, 0.05) is 23.7 Å². The summed E-state index contributed by atoms with van der Waals surface area (Å²) in [5.41, 5.74) is 0.617. The second-order valence-electron chi connectivity index (χ2n) is 8.73. The highest BCUT2D eigenvalue weighted by Gasteiger charge is 2.53. The number of non-ortho nitro benzene ring substituents is 1. The SMILES string of the molecule is C[C@@H](NC(=S)NC(=O)c1ccc([N+](=O)[O-])cc1)C12CC3CC(CC(C3)C1)C2. The van der Waals surface area contributed by atoms with E-state index in [9.17, 15) is 14.9 Å². The van der Waals surface area contributed by atoms with Crippen LogP contribution in [-0.4, -0.2) is 22.0 Å². The van der Waals surface area contributed by atoms with Gasteiger partial charge < -0.3 is 5.32 Å². The molecule has 2 N–H and O–H groups in total. The molecule has 0 heterocycles. The Bertz CT molecular complexity index is 742. The Morgan fingerprint density at radius 2 is 1.67 bits per heavy atom. The van der Waals surface area contributed by atoms with Crippen LogP contribution in [-0.2, 0) is 0 Å². The van der Waals surface area contributed by atoms with Crippen LogP contribution in [0.25, 0.3) is 0 Å². The number of hydrogen-bond acceptors (Lipinski definition) is 4. The normalized spacial score (nSPS) is 32.0. The number of benzene rings is 1. The van der Waals surface area contributed by atoms with Crippen molar-refractivity contribution in [2.24, 2.45) is 23.2 Å². The molecule has 4 aliphatic rings. The molecular weight excluding hydrogens is 362 g/mol. The average molecular weight is 388 g/mol. The van der Waals surface area contributed by atoms with Gasteiger partial charge in [0.1, 0.15) is 0 Å². The van der Waals surface area contributed by atoms with Gasteiger partial charge in [0.25, 0.3) is 11.6 Å². The number of hydrogen-bond donors (Lipinski definition) is 2. The molecule has 0 unspecified atom stereocenters. The lowest BCUT2D eigenvalue weighted by molar-refractivity contribution is -0.384. The molecule has 1 atom stereocenters.